The molecular weight excluding hydrogens is 324 g/mol. The Balaban J connectivity index is 2.84. The highest BCUT2D eigenvalue weighted by atomic mass is 79.9. The van der Waals surface area contributed by atoms with Crippen LogP contribution in [0.3, 0.4) is 0 Å². The predicted octanol–water partition coefficient (Wildman–Crippen LogP) is 2.08. The van der Waals surface area contributed by atoms with Gasteiger partial charge in [-0.1, -0.05) is 0 Å². The van der Waals surface area contributed by atoms with Crippen LogP contribution in [0.15, 0.2) is 16.6 Å². The highest BCUT2D eigenvalue weighted by Crippen LogP contribution is 2.37. The average molecular weight is 345 g/mol. The molecule has 20 heavy (non-hydrogen) atoms. The molecule has 1 aromatic rings. The largest absolute Gasteiger partial charge is 0.490 e. The Bertz CT molecular complexity index is 452. The molecule has 6 heteroatoms. The van der Waals surface area contributed by atoms with Crippen molar-refractivity contribution in [1.82, 2.24) is 10.6 Å². The number of rotatable bonds is 8. The fourth-order valence-electron chi connectivity index (χ4n) is 1.70. The lowest BCUT2D eigenvalue weighted by Crippen LogP contribution is -2.20. The molecule has 1 rings (SSSR count). The molecule has 0 fully saturated rings. The molecule has 0 aliphatic rings. The summed E-state index contributed by atoms with van der Waals surface area (Å²) in [7, 11) is 3.50. The van der Waals surface area contributed by atoms with E-state index < -0.39 is 0 Å². The van der Waals surface area contributed by atoms with Crippen LogP contribution in [0.1, 0.15) is 18.9 Å². The lowest BCUT2D eigenvalue weighted by atomic mass is 10.2. The van der Waals surface area contributed by atoms with E-state index in [1.165, 1.54) is 0 Å². The van der Waals surface area contributed by atoms with Gasteiger partial charge in [-0.15, -0.1) is 0 Å². The van der Waals surface area contributed by atoms with Crippen LogP contribution in [0, 0.1) is 0 Å². The third-order valence-electron chi connectivity index (χ3n) is 2.60. The van der Waals surface area contributed by atoms with Crippen LogP contribution in [-0.2, 0) is 11.3 Å². The van der Waals surface area contributed by atoms with Gasteiger partial charge in [0.25, 0.3) is 0 Å². The smallest absolute Gasteiger partial charge is 0.223 e. The standard InChI is InChI=1S/C14H21BrN2O3/c1-4-19-12-8-10(9-16-2)7-11(15)14(12)20-6-5-13(18)17-3/h7-8,16H,4-6,9H2,1-3H3,(H,17,18). The molecule has 0 bridgehead atoms. The van der Waals surface area contributed by atoms with Gasteiger partial charge in [0, 0.05) is 13.6 Å². The molecule has 0 aliphatic heterocycles. The monoisotopic (exact) mass is 344 g/mol. The summed E-state index contributed by atoms with van der Waals surface area (Å²) >= 11 is 3.49. The van der Waals surface area contributed by atoms with Gasteiger partial charge in [0.15, 0.2) is 11.5 Å². The van der Waals surface area contributed by atoms with E-state index in [-0.39, 0.29) is 5.91 Å². The quantitative estimate of drug-likeness (QED) is 0.757. The maximum Gasteiger partial charge on any atom is 0.223 e. The zero-order chi connectivity index (χ0) is 15.0. The fourth-order valence-corrected chi connectivity index (χ4v) is 2.31. The van der Waals surface area contributed by atoms with Crippen molar-refractivity contribution in [2.75, 3.05) is 27.3 Å². The van der Waals surface area contributed by atoms with E-state index in [1.807, 2.05) is 26.1 Å². The summed E-state index contributed by atoms with van der Waals surface area (Å²) in [6, 6.07) is 3.92. The molecule has 1 aromatic carbocycles. The summed E-state index contributed by atoms with van der Waals surface area (Å²) in [5.74, 6) is 1.27. The molecule has 2 N–H and O–H groups in total. The van der Waals surface area contributed by atoms with Crippen molar-refractivity contribution in [3.63, 3.8) is 0 Å². The Morgan fingerprint density at radius 2 is 2.05 bits per heavy atom. The van der Waals surface area contributed by atoms with Crippen LogP contribution in [-0.4, -0.2) is 33.2 Å². The second-order valence-electron chi connectivity index (χ2n) is 4.14. The molecule has 1 amide bonds. The first-order chi connectivity index (χ1) is 9.62. The van der Waals surface area contributed by atoms with Crippen molar-refractivity contribution in [2.24, 2.45) is 0 Å². The van der Waals surface area contributed by atoms with Crippen molar-refractivity contribution in [1.29, 1.82) is 0 Å². The van der Waals surface area contributed by atoms with Crippen LogP contribution in [0.2, 0.25) is 0 Å². The Kier molecular flexibility index (Phi) is 7.40. The predicted molar refractivity (Wildman–Crippen MR) is 82.3 cm³/mol. The normalized spacial score (nSPS) is 10.2. The van der Waals surface area contributed by atoms with Gasteiger partial charge in [-0.05, 0) is 47.6 Å². The van der Waals surface area contributed by atoms with Crippen LogP contribution < -0.4 is 20.1 Å². The molecule has 0 saturated heterocycles. The number of hydrogen-bond acceptors (Lipinski definition) is 4. The molecular formula is C14H21BrN2O3. The summed E-state index contributed by atoms with van der Waals surface area (Å²) in [6.45, 7) is 3.54. The summed E-state index contributed by atoms with van der Waals surface area (Å²) in [4.78, 5) is 11.2. The topological polar surface area (TPSA) is 59.6 Å². The van der Waals surface area contributed by atoms with Gasteiger partial charge in [0.2, 0.25) is 5.91 Å². The number of carbonyl (C=O) groups excluding carboxylic acids is 1. The van der Waals surface area contributed by atoms with Crippen molar-refractivity contribution < 1.29 is 14.3 Å². The fraction of sp³-hybridized carbons (Fsp3) is 0.500. The lowest BCUT2D eigenvalue weighted by Gasteiger charge is -2.15. The van der Waals surface area contributed by atoms with E-state index in [4.69, 9.17) is 9.47 Å². The average Bonchev–Trinajstić information content (AvgIpc) is 2.42. The minimum absolute atomic E-state index is 0.0501. The lowest BCUT2D eigenvalue weighted by molar-refractivity contribution is -0.121. The van der Waals surface area contributed by atoms with Crippen molar-refractivity contribution >= 4 is 21.8 Å². The SMILES string of the molecule is CCOc1cc(CNC)cc(Br)c1OCCC(=O)NC. The number of halogens is 1. The molecule has 0 spiro atoms. The van der Waals surface area contributed by atoms with E-state index in [0.29, 0.717) is 31.1 Å². The summed E-state index contributed by atoms with van der Waals surface area (Å²) in [6.07, 6.45) is 0.312. The minimum atomic E-state index is -0.0501. The highest BCUT2D eigenvalue weighted by molar-refractivity contribution is 9.10. The zero-order valence-electron chi connectivity index (χ0n) is 12.1. The number of ether oxygens (including phenoxy) is 2. The van der Waals surface area contributed by atoms with Crippen LogP contribution in [0.5, 0.6) is 11.5 Å². The molecule has 0 heterocycles. The Hall–Kier alpha value is -1.27. The Morgan fingerprint density at radius 3 is 2.65 bits per heavy atom. The van der Waals surface area contributed by atoms with Gasteiger partial charge in [0.1, 0.15) is 0 Å². The minimum Gasteiger partial charge on any atom is -0.490 e. The first-order valence-electron chi connectivity index (χ1n) is 6.55. The van der Waals surface area contributed by atoms with Gasteiger partial charge < -0.3 is 20.1 Å². The van der Waals surface area contributed by atoms with E-state index >= 15 is 0 Å². The molecule has 0 radical (unpaired) electrons. The molecule has 0 unspecified atom stereocenters. The maximum absolute atomic E-state index is 11.2. The number of nitrogens with one attached hydrogen (secondary N) is 2. The third-order valence-corrected chi connectivity index (χ3v) is 3.19. The van der Waals surface area contributed by atoms with Crippen molar-refractivity contribution in [2.45, 2.75) is 19.9 Å². The van der Waals surface area contributed by atoms with E-state index in [9.17, 15) is 4.79 Å². The van der Waals surface area contributed by atoms with E-state index in [0.717, 1.165) is 16.6 Å². The molecule has 0 aliphatic carbocycles. The van der Waals surface area contributed by atoms with Crippen LogP contribution >= 0.6 is 15.9 Å². The van der Waals surface area contributed by atoms with Gasteiger partial charge in [-0.3, -0.25) is 4.79 Å². The first-order valence-corrected chi connectivity index (χ1v) is 7.34. The molecule has 0 saturated carbocycles. The maximum atomic E-state index is 11.2. The number of hydrogen-bond donors (Lipinski definition) is 2. The number of benzene rings is 1. The number of amides is 1. The molecule has 5 nitrogen and oxygen atoms in total. The van der Waals surface area contributed by atoms with Gasteiger partial charge in [0.05, 0.1) is 24.1 Å². The summed E-state index contributed by atoms with van der Waals surface area (Å²) in [5.41, 5.74) is 1.10. The summed E-state index contributed by atoms with van der Waals surface area (Å²) < 4.78 is 12.1. The van der Waals surface area contributed by atoms with Gasteiger partial charge in [-0.2, -0.15) is 0 Å². The third kappa shape index (κ3) is 5.02. The van der Waals surface area contributed by atoms with Gasteiger partial charge in [-0.25, -0.2) is 0 Å². The highest BCUT2D eigenvalue weighted by Gasteiger charge is 2.12. The second-order valence-corrected chi connectivity index (χ2v) is 4.99. The molecule has 0 atom stereocenters. The molecule has 0 aromatic heterocycles. The Labute approximate surface area is 128 Å². The van der Waals surface area contributed by atoms with Crippen molar-refractivity contribution in [3.8, 4) is 11.5 Å². The van der Waals surface area contributed by atoms with Crippen LogP contribution in [0.4, 0.5) is 0 Å². The zero-order valence-corrected chi connectivity index (χ0v) is 13.7. The van der Waals surface area contributed by atoms with Gasteiger partial charge >= 0.3 is 0 Å². The molecule has 112 valence electrons. The number of carbonyl (C=O) groups is 1. The van der Waals surface area contributed by atoms with E-state index in [2.05, 4.69) is 26.6 Å². The van der Waals surface area contributed by atoms with Crippen LogP contribution in [0.25, 0.3) is 0 Å². The Morgan fingerprint density at radius 1 is 1.30 bits per heavy atom. The van der Waals surface area contributed by atoms with Crippen molar-refractivity contribution in [3.05, 3.63) is 22.2 Å². The second kappa shape index (κ2) is 8.81. The first kappa shape index (κ1) is 16.8. The summed E-state index contributed by atoms with van der Waals surface area (Å²) in [5, 5.41) is 5.66. The van der Waals surface area contributed by atoms with E-state index in [1.54, 1.807) is 7.05 Å².